The number of nitrogens with one attached hydrogen (secondary N) is 2. The van der Waals surface area contributed by atoms with Gasteiger partial charge in [0, 0.05) is 17.8 Å². The molecule has 2 heterocycles. The van der Waals surface area contributed by atoms with Gasteiger partial charge in [-0.15, -0.1) is 10.2 Å². The molecule has 0 radical (unpaired) electrons. The van der Waals surface area contributed by atoms with Gasteiger partial charge < -0.3 is 10.2 Å². The quantitative estimate of drug-likeness (QED) is 0.611. The highest BCUT2D eigenvalue weighted by Crippen LogP contribution is 2.27. The van der Waals surface area contributed by atoms with Gasteiger partial charge >= 0.3 is 6.03 Å². The number of hydrogen-bond donors (Lipinski definition) is 2. The summed E-state index contributed by atoms with van der Waals surface area (Å²) >= 11 is 1.20. The second kappa shape index (κ2) is 9.22. The third kappa shape index (κ3) is 4.88. The highest BCUT2D eigenvalue weighted by atomic mass is 32.1. The van der Waals surface area contributed by atoms with Crippen LogP contribution < -0.4 is 10.6 Å². The van der Waals surface area contributed by atoms with Crippen LogP contribution in [0.5, 0.6) is 0 Å². The second-order valence-corrected chi connectivity index (χ2v) is 8.22. The number of amides is 3. The minimum atomic E-state index is -0.576. The van der Waals surface area contributed by atoms with E-state index in [0.29, 0.717) is 28.8 Å². The molecule has 4 rings (SSSR count). The molecule has 1 atom stereocenters. The first-order chi connectivity index (χ1) is 15.0. The molecule has 1 aliphatic rings. The Balaban J connectivity index is 1.39. The minimum absolute atomic E-state index is 0.296. The van der Waals surface area contributed by atoms with Crippen molar-refractivity contribution in [2.24, 2.45) is 0 Å². The minimum Gasteiger partial charge on any atom is -0.312 e. The van der Waals surface area contributed by atoms with Crippen molar-refractivity contribution in [3.8, 4) is 10.6 Å². The zero-order valence-electron chi connectivity index (χ0n) is 17.0. The van der Waals surface area contributed by atoms with Crippen LogP contribution in [-0.4, -0.2) is 39.6 Å². The molecule has 3 aromatic rings. The zero-order valence-corrected chi connectivity index (χ0v) is 17.8. The Morgan fingerprint density at radius 3 is 2.55 bits per heavy atom. The number of carbonyl (C=O) groups is 2. The van der Waals surface area contributed by atoms with Gasteiger partial charge in [-0.05, 0) is 61.2 Å². The number of rotatable bonds is 5. The van der Waals surface area contributed by atoms with Crippen LogP contribution in [0.4, 0.5) is 20.0 Å². The molecule has 1 unspecified atom stereocenters. The molecule has 1 aromatic heterocycles. The van der Waals surface area contributed by atoms with Crippen LogP contribution in [-0.2, 0) is 11.2 Å². The largest absolute Gasteiger partial charge is 0.322 e. The molecule has 1 saturated heterocycles. The van der Waals surface area contributed by atoms with E-state index < -0.39 is 6.04 Å². The molecule has 0 aliphatic carbocycles. The van der Waals surface area contributed by atoms with Gasteiger partial charge in [0.15, 0.2) is 0 Å². The van der Waals surface area contributed by atoms with Crippen molar-refractivity contribution in [1.29, 1.82) is 0 Å². The predicted molar refractivity (Wildman–Crippen MR) is 118 cm³/mol. The Bertz CT molecular complexity index is 1070. The summed E-state index contributed by atoms with van der Waals surface area (Å²) in [6.07, 6.45) is 2.26. The van der Waals surface area contributed by atoms with Crippen LogP contribution in [0.3, 0.4) is 0 Å². The van der Waals surface area contributed by atoms with Gasteiger partial charge in [-0.3, -0.25) is 10.1 Å². The number of nitrogens with zero attached hydrogens (tertiary/aromatic N) is 3. The molecule has 0 spiro atoms. The maximum atomic E-state index is 13.1. The van der Waals surface area contributed by atoms with Crippen molar-refractivity contribution in [3.63, 3.8) is 0 Å². The van der Waals surface area contributed by atoms with E-state index in [2.05, 4.69) is 27.8 Å². The SMILES string of the molecule is CCc1ccc(NC(=O)N2CCCC2C(=O)Nc2nnc(-c3ccc(F)cc3)s2)cc1. The molecule has 0 bridgehead atoms. The Kier molecular flexibility index (Phi) is 6.22. The number of anilines is 2. The first kappa shape index (κ1) is 20.9. The summed E-state index contributed by atoms with van der Waals surface area (Å²) in [5, 5.41) is 14.6. The normalized spacial score (nSPS) is 15.7. The van der Waals surface area contributed by atoms with Gasteiger partial charge in [0.05, 0.1) is 0 Å². The van der Waals surface area contributed by atoms with Gasteiger partial charge in [-0.25, -0.2) is 9.18 Å². The van der Waals surface area contributed by atoms with E-state index in [9.17, 15) is 14.0 Å². The Hall–Kier alpha value is -3.33. The van der Waals surface area contributed by atoms with Crippen LogP contribution in [0.2, 0.25) is 0 Å². The van der Waals surface area contributed by atoms with Crippen LogP contribution in [0.1, 0.15) is 25.3 Å². The molecule has 160 valence electrons. The molecular formula is C22H22FN5O2S. The fourth-order valence-corrected chi connectivity index (χ4v) is 4.22. The van der Waals surface area contributed by atoms with E-state index >= 15 is 0 Å². The zero-order chi connectivity index (χ0) is 21.8. The maximum absolute atomic E-state index is 13.1. The number of likely N-dealkylation sites (tertiary alicyclic amines) is 1. The van der Waals surface area contributed by atoms with Crippen molar-refractivity contribution < 1.29 is 14.0 Å². The van der Waals surface area contributed by atoms with Crippen LogP contribution in [0.15, 0.2) is 48.5 Å². The monoisotopic (exact) mass is 439 g/mol. The fourth-order valence-electron chi connectivity index (χ4n) is 3.47. The summed E-state index contributed by atoms with van der Waals surface area (Å²) in [6, 6.07) is 12.7. The standard InChI is InChI=1S/C22H22FN5O2S/c1-2-14-5-11-17(12-6-14)24-22(30)28-13-3-4-18(28)19(29)25-21-27-26-20(31-21)15-7-9-16(23)10-8-15/h5-12,18H,2-4,13H2,1H3,(H,24,30)(H,25,27,29). The summed E-state index contributed by atoms with van der Waals surface area (Å²) in [6.45, 7) is 2.58. The summed E-state index contributed by atoms with van der Waals surface area (Å²) in [4.78, 5) is 27.1. The number of urea groups is 1. The van der Waals surface area contributed by atoms with Crippen molar-refractivity contribution in [1.82, 2.24) is 15.1 Å². The summed E-state index contributed by atoms with van der Waals surface area (Å²) in [5.41, 5.74) is 2.60. The van der Waals surface area contributed by atoms with Gasteiger partial charge in [0.2, 0.25) is 11.0 Å². The van der Waals surface area contributed by atoms with E-state index in [1.165, 1.54) is 29.0 Å². The van der Waals surface area contributed by atoms with Crippen LogP contribution >= 0.6 is 11.3 Å². The molecule has 2 N–H and O–H groups in total. The molecule has 3 amide bonds. The Labute approximate surface area is 183 Å². The van der Waals surface area contributed by atoms with Crippen LogP contribution in [0, 0.1) is 5.82 Å². The molecule has 9 heteroatoms. The van der Waals surface area contributed by atoms with Gasteiger partial charge in [-0.2, -0.15) is 0 Å². The molecule has 2 aromatic carbocycles. The first-order valence-electron chi connectivity index (χ1n) is 10.1. The number of aromatic nitrogens is 2. The van der Waals surface area contributed by atoms with E-state index in [0.717, 1.165) is 18.4 Å². The third-order valence-corrected chi connectivity index (χ3v) is 6.06. The lowest BCUT2D eigenvalue weighted by molar-refractivity contribution is -0.119. The van der Waals surface area contributed by atoms with Gasteiger partial charge in [-0.1, -0.05) is 30.4 Å². The average Bonchev–Trinajstić information content (AvgIpc) is 3.45. The second-order valence-electron chi connectivity index (χ2n) is 7.24. The van der Waals surface area contributed by atoms with E-state index in [1.807, 2.05) is 24.3 Å². The van der Waals surface area contributed by atoms with Crippen LogP contribution in [0.25, 0.3) is 10.6 Å². The van der Waals surface area contributed by atoms with Crippen molar-refractivity contribution >= 4 is 34.1 Å². The summed E-state index contributed by atoms with van der Waals surface area (Å²) in [7, 11) is 0. The topological polar surface area (TPSA) is 87.2 Å². The summed E-state index contributed by atoms with van der Waals surface area (Å²) in [5.74, 6) is -0.626. The predicted octanol–water partition coefficient (Wildman–Crippen LogP) is 4.54. The molecule has 1 fully saturated rings. The molecule has 31 heavy (non-hydrogen) atoms. The lowest BCUT2D eigenvalue weighted by Crippen LogP contribution is -2.45. The lowest BCUT2D eigenvalue weighted by Gasteiger charge is -2.23. The summed E-state index contributed by atoms with van der Waals surface area (Å²) < 4.78 is 13.1. The van der Waals surface area contributed by atoms with Crippen molar-refractivity contribution in [3.05, 3.63) is 59.9 Å². The van der Waals surface area contributed by atoms with Crippen molar-refractivity contribution in [2.45, 2.75) is 32.2 Å². The highest BCUT2D eigenvalue weighted by Gasteiger charge is 2.34. The molecule has 1 aliphatic heterocycles. The highest BCUT2D eigenvalue weighted by molar-refractivity contribution is 7.18. The first-order valence-corrected chi connectivity index (χ1v) is 10.9. The third-order valence-electron chi connectivity index (χ3n) is 5.18. The van der Waals surface area contributed by atoms with E-state index in [4.69, 9.17) is 0 Å². The molecule has 7 nitrogen and oxygen atoms in total. The van der Waals surface area contributed by atoms with Gasteiger partial charge in [0.1, 0.15) is 16.9 Å². The molecular weight excluding hydrogens is 417 g/mol. The van der Waals surface area contributed by atoms with Crippen molar-refractivity contribution in [2.75, 3.05) is 17.2 Å². The fraction of sp³-hybridized carbons (Fsp3) is 0.273. The number of carbonyl (C=O) groups excluding carboxylic acids is 2. The number of hydrogen-bond acceptors (Lipinski definition) is 5. The number of benzene rings is 2. The van der Waals surface area contributed by atoms with E-state index in [-0.39, 0.29) is 17.8 Å². The smallest absolute Gasteiger partial charge is 0.312 e. The Morgan fingerprint density at radius 2 is 1.84 bits per heavy atom. The van der Waals surface area contributed by atoms with Gasteiger partial charge in [0.25, 0.3) is 0 Å². The number of halogens is 1. The Morgan fingerprint density at radius 1 is 1.10 bits per heavy atom. The maximum Gasteiger partial charge on any atom is 0.322 e. The number of aryl methyl sites for hydroxylation is 1. The van der Waals surface area contributed by atoms with E-state index in [1.54, 1.807) is 17.0 Å². The molecule has 0 saturated carbocycles. The average molecular weight is 440 g/mol. The lowest BCUT2D eigenvalue weighted by atomic mass is 10.1.